The van der Waals surface area contributed by atoms with Crippen LogP contribution >= 0.6 is 0 Å². The number of carbonyl (C=O) groups is 2. The summed E-state index contributed by atoms with van der Waals surface area (Å²) in [6.07, 6.45) is 2.90. The molecule has 0 aromatic heterocycles. The minimum Gasteiger partial charge on any atom is -0.326 e. The van der Waals surface area contributed by atoms with Gasteiger partial charge in [-0.3, -0.25) is 9.59 Å². The Kier molecular flexibility index (Phi) is 3.60. The number of hydrogen-bond acceptors (Lipinski definition) is 2. The first-order valence-corrected chi connectivity index (χ1v) is 5.94. The monoisotopic (exact) mass is 250 g/mol. The van der Waals surface area contributed by atoms with Gasteiger partial charge in [0.15, 0.2) is 0 Å². The van der Waals surface area contributed by atoms with Crippen molar-refractivity contribution in [2.24, 2.45) is 5.92 Å². The lowest BCUT2D eigenvalue weighted by molar-refractivity contribution is -0.122. The molecule has 1 aromatic carbocycles. The van der Waals surface area contributed by atoms with Crippen LogP contribution < -0.4 is 10.6 Å². The van der Waals surface area contributed by atoms with Gasteiger partial charge in [0, 0.05) is 18.5 Å². The second-order valence-corrected chi connectivity index (χ2v) is 4.49. The molecule has 1 fully saturated rings. The van der Waals surface area contributed by atoms with Crippen LogP contribution in [0.15, 0.2) is 18.2 Å². The normalized spacial score (nSPS) is 14.8. The first-order valence-electron chi connectivity index (χ1n) is 5.94. The van der Waals surface area contributed by atoms with Gasteiger partial charge >= 0.3 is 0 Å². The van der Waals surface area contributed by atoms with Gasteiger partial charge in [-0.15, -0.1) is 0 Å². The largest absolute Gasteiger partial charge is 0.326 e. The van der Waals surface area contributed by atoms with Crippen LogP contribution in [0.1, 0.15) is 26.2 Å². The second-order valence-electron chi connectivity index (χ2n) is 4.49. The Balaban J connectivity index is 2.08. The average Bonchev–Trinajstić information content (AvgIpc) is 2.19. The molecule has 2 N–H and O–H groups in total. The summed E-state index contributed by atoms with van der Waals surface area (Å²) in [5, 5.41) is 5.11. The SMILES string of the molecule is CC(=O)Nc1cc(NC(=O)C2CCC2)ccc1F. The van der Waals surface area contributed by atoms with E-state index >= 15 is 0 Å². The number of halogens is 1. The second kappa shape index (κ2) is 5.16. The van der Waals surface area contributed by atoms with Gasteiger partial charge in [0.25, 0.3) is 0 Å². The van der Waals surface area contributed by atoms with E-state index in [-0.39, 0.29) is 23.4 Å². The van der Waals surface area contributed by atoms with E-state index in [9.17, 15) is 14.0 Å². The van der Waals surface area contributed by atoms with Gasteiger partial charge in [0.2, 0.25) is 11.8 Å². The molecule has 0 heterocycles. The Bertz CT molecular complexity index is 484. The van der Waals surface area contributed by atoms with Crippen LogP contribution in [-0.2, 0) is 9.59 Å². The van der Waals surface area contributed by atoms with Gasteiger partial charge in [-0.1, -0.05) is 6.42 Å². The Morgan fingerprint density at radius 2 is 2.00 bits per heavy atom. The summed E-state index contributed by atoms with van der Waals surface area (Å²) in [5.74, 6) is -0.843. The Morgan fingerprint density at radius 1 is 1.28 bits per heavy atom. The van der Waals surface area contributed by atoms with E-state index in [0.717, 1.165) is 19.3 Å². The zero-order valence-electron chi connectivity index (χ0n) is 10.1. The Labute approximate surface area is 105 Å². The van der Waals surface area contributed by atoms with Gasteiger partial charge in [-0.25, -0.2) is 4.39 Å². The first-order chi connectivity index (χ1) is 8.56. The summed E-state index contributed by atoms with van der Waals surface area (Å²) in [5.41, 5.74) is 0.575. The summed E-state index contributed by atoms with van der Waals surface area (Å²) in [6.45, 7) is 1.30. The minimum absolute atomic E-state index is 0.0402. The Morgan fingerprint density at radius 3 is 2.56 bits per heavy atom. The van der Waals surface area contributed by atoms with E-state index in [2.05, 4.69) is 10.6 Å². The molecular formula is C13H15FN2O2. The van der Waals surface area contributed by atoms with E-state index in [0.29, 0.717) is 5.69 Å². The number of rotatable bonds is 3. The molecule has 1 aliphatic rings. The molecule has 18 heavy (non-hydrogen) atoms. The molecule has 0 saturated heterocycles. The zero-order chi connectivity index (χ0) is 13.1. The number of benzene rings is 1. The van der Waals surface area contributed by atoms with E-state index in [1.54, 1.807) is 0 Å². The standard InChI is InChI=1S/C13H15FN2O2/c1-8(17)15-12-7-10(5-6-11(12)14)16-13(18)9-3-2-4-9/h5-7,9H,2-4H2,1H3,(H,15,17)(H,16,18). The van der Waals surface area contributed by atoms with Crippen LogP contribution in [0.3, 0.4) is 0 Å². The van der Waals surface area contributed by atoms with Gasteiger partial charge < -0.3 is 10.6 Å². The highest BCUT2D eigenvalue weighted by Gasteiger charge is 2.25. The first kappa shape index (κ1) is 12.5. The topological polar surface area (TPSA) is 58.2 Å². The van der Waals surface area contributed by atoms with Crippen molar-refractivity contribution in [2.75, 3.05) is 10.6 Å². The van der Waals surface area contributed by atoms with E-state index in [1.807, 2.05) is 0 Å². The lowest BCUT2D eigenvalue weighted by atomic mass is 9.85. The van der Waals surface area contributed by atoms with Crippen LogP contribution in [0.2, 0.25) is 0 Å². The molecule has 1 saturated carbocycles. The maximum Gasteiger partial charge on any atom is 0.227 e. The summed E-state index contributed by atoms with van der Waals surface area (Å²) in [6, 6.07) is 4.13. The van der Waals surface area contributed by atoms with Gasteiger partial charge in [0.05, 0.1) is 5.69 Å². The van der Waals surface area contributed by atoms with E-state index in [4.69, 9.17) is 0 Å². The third-order valence-corrected chi connectivity index (χ3v) is 3.02. The molecule has 2 rings (SSSR count). The van der Waals surface area contributed by atoms with E-state index < -0.39 is 5.82 Å². The number of anilines is 2. The van der Waals surface area contributed by atoms with Crippen molar-refractivity contribution in [3.05, 3.63) is 24.0 Å². The van der Waals surface area contributed by atoms with Crippen LogP contribution in [0.5, 0.6) is 0 Å². The molecule has 0 unspecified atom stereocenters. The third-order valence-electron chi connectivity index (χ3n) is 3.02. The van der Waals surface area contributed by atoms with Gasteiger partial charge in [0.1, 0.15) is 5.82 Å². The average molecular weight is 250 g/mol. The summed E-state index contributed by atoms with van der Waals surface area (Å²) in [4.78, 5) is 22.6. The predicted octanol–water partition coefficient (Wildman–Crippen LogP) is 2.52. The van der Waals surface area contributed by atoms with Crippen molar-refractivity contribution in [1.82, 2.24) is 0 Å². The van der Waals surface area contributed by atoms with Crippen molar-refractivity contribution in [3.63, 3.8) is 0 Å². The molecule has 5 heteroatoms. The lowest BCUT2D eigenvalue weighted by Gasteiger charge is -2.24. The molecule has 0 aliphatic heterocycles. The fourth-order valence-electron chi connectivity index (χ4n) is 1.80. The third kappa shape index (κ3) is 2.85. The number of carbonyl (C=O) groups excluding carboxylic acids is 2. The van der Waals surface area contributed by atoms with Gasteiger partial charge in [-0.05, 0) is 31.0 Å². The fourth-order valence-corrected chi connectivity index (χ4v) is 1.80. The van der Waals surface area contributed by atoms with Crippen molar-refractivity contribution >= 4 is 23.2 Å². The number of amides is 2. The molecular weight excluding hydrogens is 235 g/mol. The van der Waals surface area contributed by atoms with Crippen molar-refractivity contribution in [3.8, 4) is 0 Å². The zero-order valence-corrected chi connectivity index (χ0v) is 10.1. The highest BCUT2D eigenvalue weighted by Crippen LogP contribution is 2.28. The van der Waals surface area contributed by atoms with E-state index in [1.165, 1.54) is 25.1 Å². The molecule has 0 radical (unpaired) electrons. The van der Waals surface area contributed by atoms with Crippen LogP contribution in [-0.4, -0.2) is 11.8 Å². The quantitative estimate of drug-likeness (QED) is 0.866. The van der Waals surface area contributed by atoms with Crippen LogP contribution in [0, 0.1) is 11.7 Å². The molecule has 96 valence electrons. The summed E-state index contributed by atoms with van der Waals surface area (Å²) < 4.78 is 13.4. The van der Waals surface area contributed by atoms with Crippen molar-refractivity contribution in [1.29, 1.82) is 0 Å². The highest BCUT2D eigenvalue weighted by molar-refractivity contribution is 5.94. The fraction of sp³-hybridized carbons (Fsp3) is 0.385. The smallest absolute Gasteiger partial charge is 0.227 e. The van der Waals surface area contributed by atoms with Gasteiger partial charge in [-0.2, -0.15) is 0 Å². The maximum absolute atomic E-state index is 13.4. The molecule has 4 nitrogen and oxygen atoms in total. The summed E-state index contributed by atoms with van der Waals surface area (Å²) in [7, 11) is 0. The van der Waals surface area contributed by atoms with Crippen molar-refractivity contribution in [2.45, 2.75) is 26.2 Å². The molecule has 2 amide bonds. The highest BCUT2D eigenvalue weighted by atomic mass is 19.1. The van der Waals surface area contributed by atoms with Crippen LogP contribution in [0.25, 0.3) is 0 Å². The number of nitrogens with one attached hydrogen (secondary N) is 2. The van der Waals surface area contributed by atoms with Crippen molar-refractivity contribution < 1.29 is 14.0 Å². The molecule has 0 bridgehead atoms. The maximum atomic E-state index is 13.4. The lowest BCUT2D eigenvalue weighted by Crippen LogP contribution is -2.28. The molecule has 0 spiro atoms. The number of hydrogen-bond donors (Lipinski definition) is 2. The molecule has 1 aromatic rings. The summed E-state index contributed by atoms with van der Waals surface area (Å²) >= 11 is 0. The van der Waals surface area contributed by atoms with Crippen LogP contribution in [0.4, 0.5) is 15.8 Å². The molecule has 1 aliphatic carbocycles. The molecule has 0 atom stereocenters. The minimum atomic E-state index is -0.521. The Hall–Kier alpha value is -1.91. The predicted molar refractivity (Wildman–Crippen MR) is 66.7 cm³/mol.